The smallest absolute Gasteiger partial charge is 0.220 e. The average molecular weight is 264 g/mol. The fraction of sp³-hybridized carbons (Fsp3) is 0.533. The summed E-state index contributed by atoms with van der Waals surface area (Å²) in [6, 6.07) is 9.46. The molecule has 0 aromatic heterocycles. The molecule has 1 rings (SSSR count). The Morgan fingerprint density at radius 2 is 1.84 bits per heavy atom. The van der Waals surface area contributed by atoms with Crippen molar-refractivity contribution in [2.24, 2.45) is 5.73 Å². The van der Waals surface area contributed by atoms with E-state index in [9.17, 15) is 9.90 Å². The largest absolute Gasteiger partial charge is 0.394 e. The monoisotopic (exact) mass is 264 g/mol. The number of hydrogen-bond donors (Lipinski definition) is 3. The highest BCUT2D eigenvalue weighted by Gasteiger charge is 2.27. The van der Waals surface area contributed by atoms with Crippen LogP contribution in [0.4, 0.5) is 0 Å². The summed E-state index contributed by atoms with van der Waals surface area (Å²) >= 11 is 0. The topological polar surface area (TPSA) is 75.4 Å². The minimum absolute atomic E-state index is 0.0982. The number of aliphatic hydroxyl groups excluding tert-OH is 1. The van der Waals surface area contributed by atoms with Gasteiger partial charge in [-0.05, 0) is 32.8 Å². The molecule has 19 heavy (non-hydrogen) atoms. The number of aliphatic hydroxyl groups is 1. The molecule has 1 unspecified atom stereocenters. The molecule has 1 atom stereocenters. The van der Waals surface area contributed by atoms with E-state index in [0.29, 0.717) is 12.8 Å². The van der Waals surface area contributed by atoms with Crippen LogP contribution >= 0.6 is 0 Å². The Hall–Kier alpha value is -1.39. The van der Waals surface area contributed by atoms with Crippen LogP contribution < -0.4 is 11.1 Å². The molecular formula is C15H24N2O2. The molecule has 0 aliphatic rings. The van der Waals surface area contributed by atoms with Crippen molar-refractivity contribution in [3.05, 3.63) is 35.9 Å². The van der Waals surface area contributed by atoms with Crippen LogP contribution in [0.25, 0.3) is 0 Å². The molecule has 0 fully saturated rings. The van der Waals surface area contributed by atoms with E-state index < -0.39 is 5.54 Å². The van der Waals surface area contributed by atoms with E-state index in [1.807, 2.05) is 51.1 Å². The molecule has 106 valence electrons. The SMILES string of the molecule is CC(C)(N)CCC(=O)NC(C)(CO)c1ccccc1. The lowest BCUT2D eigenvalue weighted by Gasteiger charge is -2.30. The van der Waals surface area contributed by atoms with Crippen LogP contribution in [0.15, 0.2) is 30.3 Å². The molecule has 0 saturated carbocycles. The number of nitrogens with two attached hydrogens (primary N) is 1. The van der Waals surface area contributed by atoms with Gasteiger partial charge < -0.3 is 16.2 Å². The van der Waals surface area contributed by atoms with Gasteiger partial charge in [-0.2, -0.15) is 0 Å². The van der Waals surface area contributed by atoms with Gasteiger partial charge in [0.1, 0.15) is 0 Å². The molecule has 0 aliphatic heterocycles. The fourth-order valence-corrected chi connectivity index (χ4v) is 1.81. The lowest BCUT2D eigenvalue weighted by atomic mass is 9.92. The van der Waals surface area contributed by atoms with Crippen LogP contribution in [0.2, 0.25) is 0 Å². The number of benzene rings is 1. The van der Waals surface area contributed by atoms with E-state index in [1.165, 1.54) is 0 Å². The summed E-state index contributed by atoms with van der Waals surface area (Å²) in [4.78, 5) is 12.0. The first-order chi connectivity index (χ1) is 8.77. The molecule has 0 saturated heterocycles. The van der Waals surface area contributed by atoms with Gasteiger partial charge in [0.15, 0.2) is 0 Å². The van der Waals surface area contributed by atoms with Gasteiger partial charge in [0.25, 0.3) is 0 Å². The van der Waals surface area contributed by atoms with Gasteiger partial charge >= 0.3 is 0 Å². The van der Waals surface area contributed by atoms with E-state index in [4.69, 9.17) is 5.73 Å². The van der Waals surface area contributed by atoms with Gasteiger partial charge in [0, 0.05) is 12.0 Å². The zero-order chi connectivity index (χ0) is 14.5. The quantitative estimate of drug-likeness (QED) is 0.729. The van der Waals surface area contributed by atoms with Crippen molar-refractivity contribution in [3.8, 4) is 0 Å². The van der Waals surface area contributed by atoms with Gasteiger partial charge in [-0.25, -0.2) is 0 Å². The van der Waals surface area contributed by atoms with E-state index in [0.717, 1.165) is 5.56 Å². The van der Waals surface area contributed by atoms with Gasteiger partial charge in [-0.1, -0.05) is 30.3 Å². The first kappa shape index (κ1) is 15.7. The fourth-order valence-electron chi connectivity index (χ4n) is 1.81. The summed E-state index contributed by atoms with van der Waals surface area (Å²) < 4.78 is 0. The van der Waals surface area contributed by atoms with Gasteiger partial charge in [-0.3, -0.25) is 4.79 Å². The van der Waals surface area contributed by atoms with Crippen molar-refractivity contribution < 1.29 is 9.90 Å². The molecule has 4 heteroatoms. The zero-order valence-electron chi connectivity index (χ0n) is 11.9. The predicted octanol–water partition coefficient (Wildman–Crippen LogP) is 1.53. The molecule has 0 heterocycles. The van der Waals surface area contributed by atoms with Crippen LogP contribution in [-0.2, 0) is 10.3 Å². The van der Waals surface area contributed by atoms with Crippen molar-refractivity contribution in [1.82, 2.24) is 5.32 Å². The van der Waals surface area contributed by atoms with Crippen LogP contribution in [0.5, 0.6) is 0 Å². The second-order valence-corrected chi connectivity index (χ2v) is 5.89. The van der Waals surface area contributed by atoms with E-state index in [-0.39, 0.29) is 18.1 Å². The molecule has 4 nitrogen and oxygen atoms in total. The van der Waals surface area contributed by atoms with Crippen LogP contribution in [0.3, 0.4) is 0 Å². The van der Waals surface area contributed by atoms with Gasteiger partial charge in [0.05, 0.1) is 12.1 Å². The molecule has 1 amide bonds. The average Bonchev–Trinajstić information content (AvgIpc) is 2.36. The summed E-state index contributed by atoms with van der Waals surface area (Å²) in [5.74, 6) is -0.0982. The zero-order valence-corrected chi connectivity index (χ0v) is 11.9. The maximum absolute atomic E-state index is 12.0. The van der Waals surface area contributed by atoms with Crippen LogP contribution in [0.1, 0.15) is 39.2 Å². The van der Waals surface area contributed by atoms with Crippen LogP contribution in [-0.4, -0.2) is 23.2 Å². The number of rotatable bonds is 6. The Bertz CT molecular complexity index is 412. The van der Waals surface area contributed by atoms with Crippen molar-refractivity contribution >= 4 is 5.91 Å². The molecular weight excluding hydrogens is 240 g/mol. The third kappa shape index (κ3) is 5.01. The second kappa shape index (κ2) is 6.17. The summed E-state index contributed by atoms with van der Waals surface area (Å²) in [7, 11) is 0. The number of carbonyl (C=O) groups is 1. The summed E-state index contributed by atoms with van der Waals surface area (Å²) in [5.41, 5.74) is 5.63. The number of carbonyl (C=O) groups excluding carboxylic acids is 1. The molecule has 0 radical (unpaired) electrons. The van der Waals surface area contributed by atoms with Crippen molar-refractivity contribution in [1.29, 1.82) is 0 Å². The molecule has 1 aromatic rings. The first-order valence-corrected chi connectivity index (χ1v) is 6.53. The summed E-state index contributed by atoms with van der Waals surface area (Å²) in [6.07, 6.45) is 0.959. The third-order valence-electron chi connectivity index (χ3n) is 3.14. The van der Waals surface area contributed by atoms with E-state index >= 15 is 0 Å². The highest BCUT2D eigenvalue weighted by Crippen LogP contribution is 2.20. The van der Waals surface area contributed by atoms with Crippen LogP contribution in [0, 0.1) is 0 Å². The highest BCUT2D eigenvalue weighted by molar-refractivity contribution is 5.77. The second-order valence-electron chi connectivity index (χ2n) is 5.89. The summed E-state index contributed by atoms with van der Waals surface area (Å²) in [5, 5.41) is 12.5. The maximum atomic E-state index is 12.0. The van der Waals surface area contributed by atoms with Gasteiger partial charge in [0.2, 0.25) is 5.91 Å². The minimum atomic E-state index is -0.753. The predicted molar refractivity (Wildman–Crippen MR) is 76.5 cm³/mol. The van der Waals surface area contributed by atoms with E-state index in [1.54, 1.807) is 0 Å². The molecule has 0 spiro atoms. The van der Waals surface area contributed by atoms with Crippen molar-refractivity contribution in [2.45, 2.75) is 44.7 Å². The lowest BCUT2D eigenvalue weighted by molar-refractivity contribution is -0.123. The number of hydrogen-bond acceptors (Lipinski definition) is 3. The number of nitrogens with one attached hydrogen (secondary N) is 1. The molecule has 1 aromatic carbocycles. The van der Waals surface area contributed by atoms with Gasteiger partial charge in [-0.15, -0.1) is 0 Å². The Balaban J connectivity index is 2.69. The first-order valence-electron chi connectivity index (χ1n) is 6.53. The lowest BCUT2D eigenvalue weighted by Crippen LogP contribution is -2.47. The highest BCUT2D eigenvalue weighted by atomic mass is 16.3. The Morgan fingerprint density at radius 3 is 2.32 bits per heavy atom. The normalized spacial score (nSPS) is 14.8. The van der Waals surface area contributed by atoms with Crippen molar-refractivity contribution in [3.63, 3.8) is 0 Å². The molecule has 4 N–H and O–H groups in total. The molecule has 0 aliphatic carbocycles. The number of amides is 1. The maximum Gasteiger partial charge on any atom is 0.220 e. The Morgan fingerprint density at radius 1 is 1.26 bits per heavy atom. The molecule has 0 bridgehead atoms. The Kier molecular flexibility index (Phi) is 5.09. The Labute approximate surface area is 115 Å². The third-order valence-corrected chi connectivity index (χ3v) is 3.14. The summed E-state index contributed by atoms with van der Waals surface area (Å²) in [6.45, 7) is 5.45. The minimum Gasteiger partial charge on any atom is -0.394 e. The standard InChI is InChI=1S/C15H24N2O2/c1-14(2,16)10-9-13(19)17-15(3,11-18)12-7-5-4-6-8-12/h4-8,18H,9-11,16H2,1-3H3,(H,17,19). The van der Waals surface area contributed by atoms with Crippen molar-refractivity contribution in [2.75, 3.05) is 6.61 Å². The van der Waals surface area contributed by atoms with E-state index in [2.05, 4.69) is 5.32 Å².